The first-order chi connectivity index (χ1) is 10.7. The van der Waals surface area contributed by atoms with Gasteiger partial charge in [0.1, 0.15) is 0 Å². The molecule has 0 spiro atoms. The molecule has 0 amide bonds. The molecule has 0 N–H and O–H groups in total. The van der Waals surface area contributed by atoms with Gasteiger partial charge < -0.3 is 4.74 Å². The first-order valence-electron chi connectivity index (χ1n) is 8.11. The second-order valence-corrected chi connectivity index (χ2v) is 7.31. The second kappa shape index (κ2) is 6.94. The molecule has 0 radical (unpaired) electrons. The first kappa shape index (κ1) is 15.7. The lowest BCUT2D eigenvalue weighted by molar-refractivity contribution is 0.104. The van der Waals surface area contributed by atoms with E-state index in [4.69, 9.17) is 9.84 Å². The Balaban J connectivity index is 1.77. The number of rotatable bonds is 6. The molecule has 2 aromatic heterocycles. The predicted molar refractivity (Wildman–Crippen MR) is 90.3 cm³/mol. The summed E-state index contributed by atoms with van der Waals surface area (Å²) in [5.74, 6) is 0.387. The van der Waals surface area contributed by atoms with E-state index in [-0.39, 0.29) is 0 Å². The summed E-state index contributed by atoms with van der Waals surface area (Å²) in [4.78, 5) is 5.36. The highest BCUT2D eigenvalue weighted by molar-refractivity contribution is 7.11. The fraction of sp³-hybridized carbons (Fsp3) is 0.588. The highest BCUT2D eigenvalue weighted by Gasteiger charge is 2.28. The quantitative estimate of drug-likeness (QED) is 0.817. The van der Waals surface area contributed by atoms with Crippen molar-refractivity contribution < 1.29 is 4.74 Å². The van der Waals surface area contributed by atoms with Crippen LogP contribution in [0, 0.1) is 6.92 Å². The molecule has 3 rings (SSSR count). The Morgan fingerprint density at radius 1 is 1.36 bits per heavy atom. The third kappa shape index (κ3) is 3.42. The van der Waals surface area contributed by atoms with Crippen LogP contribution in [-0.2, 0) is 24.4 Å². The van der Waals surface area contributed by atoms with Crippen LogP contribution < -0.4 is 0 Å². The molecule has 1 atom stereocenters. The van der Waals surface area contributed by atoms with Gasteiger partial charge in [0.05, 0.1) is 12.3 Å². The zero-order chi connectivity index (χ0) is 15.5. The molecule has 120 valence electrons. The molecule has 2 aromatic rings. The lowest BCUT2D eigenvalue weighted by Crippen LogP contribution is -2.34. The Morgan fingerprint density at radius 2 is 2.23 bits per heavy atom. The molecule has 5 heteroatoms. The van der Waals surface area contributed by atoms with Crippen LogP contribution in [0.4, 0.5) is 0 Å². The summed E-state index contributed by atoms with van der Waals surface area (Å²) in [5, 5.41) is 4.76. The number of hydrogen-bond donors (Lipinski definition) is 0. The lowest BCUT2D eigenvalue weighted by Gasteiger charge is -2.31. The van der Waals surface area contributed by atoms with E-state index in [0.29, 0.717) is 5.92 Å². The number of ether oxygens (including phenoxy) is 1. The van der Waals surface area contributed by atoms with Crippen molar-refractivity contribution in [2.75, 3.05) is 19.8 Å². The zero-order valence-electron chi connectivity index (χ0n) is 13.7. The summed E-state index contributed by atoms with van der Waals surface area (Å²) < 4.78 is 7.76. The van der Waals surface area contributed by atoms with Gasteiger partial charge in [0.15, 0.2) is 0 Å². The van der Waals surface area contributed by atoms with Gasteiger partial charge >= 0.3 is 0 Å². The molecular weight excluding hydrogens is 294 g/mol. The largest absolute Gasteiger partial charge is 0.381 e. The van der Waals surface area contributed by atoms with Crippen LogP contribution in [0.5, 0.6) is 0 Å². The van der Waals surface area contributed by atoms with Crippen molar-refractivity contribution in [1.82, 2.24) is 14.7 Å². The van der Waals surface area contributed by atoms with E-state index < -0.39 is 0 Å². The minimum Gasteiger partial charge on any atom is -0.381 e. The summed E-state index contributed by atoms with van der Waals surface area (Å²) in [6.45, 7) is 11.9. The van der Waals surface area contributed by atoms with Crippen LogP contribution in [0.1, 0.15) is 40.8 Å². The molecule has 1 aliphatic heterocycles. The summed E-state index contributed by atoms with van der Waals surface area (Å²) in [6, 6.07) is 4.46. The van der Waals surface area contributed by atoms with E-state index in [1.165, 1.54) is 21.0 Å². The van der Waals surface area contributed by atoms with E-state index in [2.05, 4.69) is 48.7 Å². The number of thiophene rings is 1. The van der Waals surface area contributed by atoms with Crippen LogP contribution >= 0.6 is 11.3 Å². The number of aryl methyl sites for hydroxylation is 2. The molecule has 0 bridgehead atoms. The molecule has 0 aromatic carbocycles. The smallest absolute Gasteiger partial charge is 0.0736 e. The van der Waals surface area contributed by atoms with Crippen molar-refractivity contribution in [3.05, 3.63) is 39.3 Å². The Morgan fingerprint density at radius 3 is 2.91 bits per heavy atom. The highest BCUT2D eigenvalue weighted by Crippen LogP contribution is 2.29. The molecule has 4 nitrogen and oxygen atoms in total. The van der Waals surface area contributed by atoms with Gasteiger partial charge in [0, 0.05) is 60.2 Å². The average molecular weight is 319 g/mol. The molecular formula is C17H25N3OS. The summed E-state index contributed by atoms with van der Waals surface area (Å²) >= 11 is 1.90. The maximum atomic E-state index is 5.70. The number of aromatic nitrogens is 2. The Kier molecular flexibility index (Phi) is 4.96. The van der Waals surface area contributed by atoms with E-state index in [1.54, 1.807) is 0 Å². The van der Waals surface area contributed by atoms with Crippen molar-refractivity contribution in [2.24, 2.45) is 0 Å². The normalized spacial score (nSPS) is 18.6. The lowest BCUT2D eigenvalue weighted by atomic mass is 9.97. The standard InChI is InChI=1S/C17H25N3OS/c1-4-20-10-14-8-19(11-16-7-6-13(3)22-16)9-15(12-21-5-2)17(14)18-20/h6-7,10,15H,4-5,8-9,11-12H2,1-3H3. The van der Waals surface area contributed by atoms with Gasteiger partial charge in [0.25, 0.3) is 0 Å². The topological polar surface area (TPSA) is 30.3 Å². The van der Waals surface area contributed by atoms with Crippen LogP contribution in [0.15, 0.2) is 18.3 Å². The van der Waals surface area contributed by atoms with Gasteiger partial charge in [-0.2, -0.15) is 5.10 Å². The minimum absolute atomic E-state index is 0.387. The fourth-order valence-electron chi connectivity index (χ4n) is 3.11. The van der Waals surface area contributed by atoms with Gasteiger partial charge in [-0.25, -0.2) is 0 Å². The Hall–Kier alpha value is -1.17. The number of nitrogens with zero attached hydrogens (tertiary/aromatic N) is 3. The number of hydrogen-bond acceptors (Lipinski definition) is 4. The van der Waals surface area contributed by atoms with Crippen LogP contribution in [-0.4, -0.2) is 34.4 Å². The predicted octanol–water partition coefficient (Wildman–Crippen LogP) is 3.41. The average Bonchev–Trinajstić information content (AvgIpc) is 3.10. The minimum atomic E-state index is 0.387. The third-order valence-corrected chi connectivity index (χ3v) is 5.14. The SMILES string of the molecule is CCOCC1CN(Cc2ccc(C)s2)Cc2cn(CC)nc21. The van der Waals surface area contributed by atoms with Crippen molar-refractivity contribution in [3.63, 3.8) is 0 Å². The highest BCUT2D eigenvalue weighted by atomic mass is 32.1. The van der Waals surface area contributed by atoms with Crippen LogP contribution in [0.3, 0.4) is 0 Å². The fourth-order valence-corrected chi connectivity index (χ4v) is 4.04. The second-order valence-electron chi connectivity index (χ2n) is 5.93. The molecule has 0 saturated carbocycles. The van der Waals surface area contributed by atoms with E-state index in [1.807, 2.05) is 11.3 Å². The Labute approximate surface area is 136 Å². The summed E-state index contributed by atoms with van der Waals surface area (Å²) in [7, 11) is 0. The van der Waals surface area contributed by atoms with Crippen molar-refractivity contribution in [1.29, 1.82) is 0 Å². The van der Waals surface area contributed by atoms with Gasteiger partial charge in [0.2, 0.25) is 0 Å². The van der Waals surface area contributed by atoms with Crippen molar-refractivity contribution in [2.45, 2.75) is 46.3 Å². The maximum Gasteiger partial charge on any atom is 0.0736 e. The van der Waals surface area contributed by atoms with Gasteiger partial charge in [-0.05, 0) is 32.9 Å². The van der Waals surface area contributed by atoms with Crippen LogP contribution in [0.2, 0.25) is 0 Å². The zero-order valence-corrected chi connectivity index (χ0v) is 14.5. The van der Waals surface area contributed by atoms with Gasteiger partial charge in [-0.1, -0.05) is 0 Å². The van der Waals surface area contributed by atoms with Gasteiger partial charge in [-0.3, -0.25) is 9.58 Å². The van der Waals surface area contributed by atoms with Gasteiger partial charge in [-0.15, -0.1) is 11.3 Å². The van der Waals surface area contributed by atoms with Crippen LogP contribution in [0.25, 0.3) is 0 Å². The van der Waals surface area contributed by atoms with E-state index >= 15 is 0 Å². The first-order valence-corrected chi connectivity index (χ1v) is 8.92. The molecule has 0 fully saturated rings. The number of fused-ring (bicyclic) bond motifs is 1. The van der Waals surface area contributed by atoms with E-state index in [9.17, 15) is 0 Å². The van der Waals surface area contributed by atoms with Crippen molar-refractivity contribution >= 4 is 11.3 Å². The molecule has 0 aliphatic carbocycles. The molecule has 3 heterocycles. The molecule has 22 heavy (non-hydrogen) atoms. The molecule has 1 aliphatic rings. The summed E-state index contributed by atoms with van der Waals surface area (Å²) in [5.41, 5.74) is 2.61. The maximum absolute atomic E-state index is 5.70. The monoisotopic (exact) mass is 319 g/mol. The molecule has 1 unspecified atom stereocenters. The van der Waals surface area contributed by atoms with Crippen molar-refractivity contribution in [3.8, 4) is 0 Å². The Bertz CT molecular complexity index is 619. The summed E-state index contributed by atoms with van der Waals surface area (Å²) in [6.07, 6.45) is 2.21. The molecule has 0 saturated heterocycles. The van der Waals surface area contributed by atoms with E-state index in [0.717, 1.165) is 39.4 Å². The third-order valence-electron chi connectivity index (χ3n) is 4.15.